The van der Waals surface area contributed by atoms with Crippen LogP contribution in [0.15, 0.2) is 22.7 Å². The van der Waals surface area contributed by atoms with E-state index in [1.54, 1.807) is 0 Å². The van der Waals surface area contributed by atoms with Gasteiger partial charge >= 0.3 is 0 Å². The first kappa shape index (κ1) is 13.6. The largest absolute Gasteiger partial charge is 0.336 e. The number of rotatable bonds is 2. The number of benzene rings is 1. The van der Waals surface area contributed by atoms with Gasteiger partial charge < -0.3 is 10.2 Å². The molecule has 0 bridgehead atoms. The molecule has 2 heterocycles. The number of carbonyl (C=O) groups is 1. The van der Waals surface area contributed by atoms with E-state index in [-0.39, 0.29) is 5.91 Å². The third kappa shape index (κ3) is 2.45. The van der Waals surface area contributed by atoms with Gasteiger partial charge in [-0.25, -0.2) is 0 Å². The molecule has 0 aliphatic carbocycles. The highest BCUT2D eigenvalue weighted by atomic mass is 79.9. The van der Waals surface area contributed by atoms with E-state index in [9.17, 15) is 4.79 Å². The Morgan fingerprint density at radius 3 is 3.20 bits per heavy atom. The molecule has 0 saturated carbocycles. The van der Waals surface area contributed by atoms with Crippen LogP contribution in [-0.2, 0) is 0 Å². The normalized spacial score (nSPS) is 19.5. The van der Waals surface area contributed by atoms with E-state index in [0.717, 1.165) is 41.3 Å². The molecule has 1 aliphatic rings. The fraction of sp³-hybridized carbons (Fsp3) is 0.429. The number of likely N-dealkylation sites (N-methyl/N-ethyl adjacent to an activating group) is 1. The summed E-state index contributed by atoms with van der Waals surface area (Å²) in [6, 6.07) is 6.18. The molecule has 1 amide bonds. The van der Waals surface area contributed by atoms with Crippen LogP contribution in [0.25, 0.3) is 10.9 Å². The molecule has 1 atom stereocenters. The number of carbonyl (C=O) groups excluding carboxylic acids is 1. The Kier molecular flexibility index (Phi) is 3.76. The molecule has 2 N–H and O–H groups in total. The van der Waals surface area contributed by atoms with Crippen LogP contribution >= 0.6 is 15.9 Å². The molecule has 1 aromatic heterocycles. The van der Waals surface area contributed by atoms with Crippen molar-refractivity contribution in [2.75, 3.05) is 20.1 Å². The lowest BCUT2D eigenvalue weighted by Gasteiger charge is -2.32. The number of fused-ring (bicyclic) bond motifs is 1. The summed E-state index contributed by atoms with van der Waals surface area (Å²) < 4.78 is 0.951. The molecule has 1 aliphatic heterocycles. The highest BCUT2D eigenvalue weighted by Crippen LogP contribution is 2.23. The predicted octanol–water partition coefficient (Wildman–Crippen LogP) is 2.15. The number of halogens is 1. The first-order valence-corrected chi connectivity index (χ1v) is 7.58. The summed E-state index contributed by atoms with van der Waals surface area (Å²) in [7, 11) is 1.94. The van der Waals surface area contributed by atoms with Crippen LogP contribution < -0.4 is 5.32 Å². The minimum absolute atomic E-state index is 0.00861. The topological polar surface area (TPSA) is 61.0 Å². The van der Waals surface area contributed by atoms with Gasteiger partial charge in [-0.1, -0.05) is 15.9 Å². The number of likely N-dealkylation sites (tertiary alicyclic amines) is 1. The van der Waals surface area contributed by atoms with Crippen molar-refractivity contribution >= 4 is 32.7 Å². The lowest BCUT2D eigenvalue weighted by Crippen LogP contribution is -2.47. The van der Waals surface area contributed by atoms with E-state index in [4.69, 9.17) is 0 Å². The fourth-order valence-electron chi connectivity index (χ4n) is 2.70. The van der Waals surface area contributed by atoms with E-state index in [0.29, 0.717) is 11.7 Å². The van der Waals surface area contributed by atoms with Gasteiger partial charge in [0, 0.05) is 29.0 Å². The highest BCUT2D eigenvalue weighted by molar-refractivity contribution is 9.10. The van der Waals surface area contributed by atoms with Gasteiger partial charge in [-0.2, -0.15) is 5.10 Å². The molecule has 0 radical (unpaired) electrons. The van der Waals surface area contributed by atoms with Crippen molar-refractivity contribution in [1.29, 1.82) is 0 Å². The molecule has 0 spiro atoms. The number of hydrogen-bond donors (Lipinski definition) is 2. The van der Waals surface area contributed by atoms with Crippen LogP contribution in [0.3, 0.4) is 0 Å². The number of piperidine rings is 1. The van der Waals surface area contributed by atoms with Crippen LogP contribution in [0, 0.1) is 0 Å². The summed E-state index contributed by atoms with van der Waals surface area (Å²) in [5, 5.41) is 11.3. The average molecular weight is 337 g/mol. The van der Waals surface area contributed by atoms with Gasteiger partial charge in [0.05, 0.1) is 5.52 Å². The molecule has 1 aromatic carbocycles. The Bertz CT molecular complexity index is 639. The lowest BCUT2D eigenvalue weighted by atomic mass is 10.1. The third-order valence-corrected chi connectivity index (χ3v) is 4.34. The number of nitrogens with one attached hydrogen (secondary N) is 2. The standard InChI is InChI=1S/C14H17BrN4O/c1-16-10-3-2-6-19(8-10)14(20)13-11-7-9(15)4-5-12(11)17-18-13/h4-5,7,10,16H,2-3,6,8H2,1H3,(H,17,18)/t10-/m1/s1. The van der Waals surface area contributed by atoms with E-state index in [2.05, 4.69) is 31.4 Å². The Balaban J connectivity index is 1.90. The maximum atomic E-state index is 12.6. The molecule has 3 rings (SSSR count). The Hall–Kier alpha value is -1.40. The van der Waals surface area contributed by atoms with Gasteiger partial charge in [0.25, 0.3) is 5.91 Å². The van der Waals surface area contributed by atoms with Crippen LogP contribution in [0.5, 0.6) is 0 Å². The van der Waals surface area contributed by atoms with Gasteiger partial charge in [0.1, 0.15) is 0 Å². The van der Waals surface area contributed by atoms with Gasteiger partial charge in [0.15, 0.2) is 5.69 Å². The van der Waals surface area contributed by atoms with Crippen molar-refractivity contribution in [3.63, 3.8) is 0 Å². The molecule has 1 saturated heterocycles. The minimum Gasteiger partial charge on any atom is -0.336 e. The third-order valence-electron chi connectivity index (χ3n) is 3.84. The molecule has 106 valence electrons. The second-order valence-electron chi connectivity index (χ2n) is 5.14. The van der Waals surface area contributed by atoms with Crippen molar-refractivity contribution < 1.29 is 4.79 Å². The van der Waals surface area contributed by atoms with Crippen LogP contribution in [0.2, 0.25) is 0 Å². The number of amides is 1. The first-order valence-electron chi connectivity index (χ1n) is 6.79. The molecule has 1 fully saturated rings. The average Bonchev–Trinajstić information content (AvgIpc) is 2.89. The smallest absolute Gasteiger partial charge is 0.275 e. The quantitative estimate of drug-likeness (QED) is 0.883. The van der Waals surface area contributed by atoms with E-state index >= 15 is 0 Å². The fourth-order valence-corrected chi connectivity index (χ4v) is 3.06. The molecule has 6 heteroatoms. The van der Waals surface area contributed by atoms with E-state index in [1.807, 2.05) is 30.1 Å². The summed E-state index contributed by atoms with van der Waals surface area (Å²) in [5.41, 5.74) is 1.40. The second kappa shape index (κ2) is 5.54. The summed E-state index contributed by atoms with van der Waals surface area (Å²) in [6.45, 7) is 1.55. The van der Waals surface area contributed by atoms with Crippen LogP contribution in [0.1, 0.15) is 23.3 Å². The number of aromatic nitrogens is 2. The number of H-pyrrole nitrogens is 1. The maximum absolute atomic E-state index is 12.6. The SMILES string of the molecule is CN[C@@H]1CCCN(C(=O)c2n[nH]c3ccc(Br)cc23)C1. The van der Waals surface area contributed by atoms with Gasteiger partial charge in [-0.05, 0) is 38.1 Å². The van der Waals surface area contributed by atoms with Crippen molar-refractivity contribution in [2.24, 2.45) is 0 Å². The summed E-state index contributed by atoms with van der Waals surface area (Å²) >= 11 is 3.44. The van der Waals surface area contributed by atoms with Gasteiger partial charge in [0.2, 0.25) is 0 Å². The molecule has 20 heavy (non-hydrogen) atoms. The summed E-state index contributed by atoms with van der Waals surface area (Å²) in [6.07, 6.45) is 2.15. The van der Waals surface area contributed by atoms with Crippen LogP contribution in [0.4, 0.5) is 0 Å². The van der Waals surface area contributed by atoms with E-state index in [1.165, 1.54) is 0 Å². The van der Waals surface area contributed by atoms with Crippen molar-refractivity contribution in [3.05, 3.63) is 28.4 Å². The molecule has 2 aromatic rings. The summed E-state index contributed by atoms with van der Waals surface area (Å²) in [5.74, 6) is 0.00861. The van der Waals surface area contributed by atoms with Crippen molar-refractivity contribution in [2.45, 2.75) is 18.9 Å². The number of hydrogen-bond acceptors (Lipinski definition) is 3. The Morgan fingerprint density at radius 2 is 2.40 bits per heavy atom. The molecular formula is C14H17BrN4O. The Labute approximate surface area is 125 Å². The lowest BCUT2D eigenvalue weighted by molar-refractivity contribution is 0.0694. The maximum Gasteiger partial charge on any atom is 0.275 e. The van der Waals surface area contributed by atoms with E-state index < -0.39 is 0 Å². The zero-order valence-electron chi connectivity index (χ0n) is 11.3. The minimum atomic E-state index is 0.00861. The van der Waals surface area contributed by atoms with Crippen molar-refractivity contribution in [3.8, 4) is 0 Å². The summed E-state index contributed by atoms with van der Waals surface area (Å²) in [4.78, 5) is 14.5. The van der Waals surface area contributed by atoms with Crippen molar-refractivity contribution in [1.82, 2.24) is 20.4 Å². The molecule has 5 nitrogen and oxygen atoms in total. The molecular weight excluding hydrogens is 320 g/mol. The van der Waals surface area contributed by atoms with Crippen LogP contribution in [-0.4, -0.2) is 47.2 Å². The number of nitrogens with zero attached hydrogens (tertiary/aromatic N) is 2. The second-order valence-corrected chi connectivity index (χ2v) is 6.06. The van der Waals surface area contributed by atoms with Gasteiger partial charge in [-0.15, -0.1) is 0 Å². The monoisotopic (exact) mass is 336 g/mol. The number of aromatic amines is 1. The predicted molar refractivity (Wildman–Crippen MR) is 81.8 cm³/mol. The first-order chi connectivity index (χ1) is 9.69. The highest BCUT2D eigenvalue weighted by Gasteiger charge is 2.26. The van der Waals surface area contributed by atoms with Gasteiger partial charge in [-0.3, -0.25) is 9.89 Å². The zero-order chi connectivity index (χ0) is 14.1. The molecule has 0 unspecified atom stereocenters. The Morgan fingerprint density at radius 1 is 1.55 bits per heavy atom. The zero-order valence-corrected chi connectivity index (χ0v) is 12.9.